The first-order chi connectivity index (χ1) is 13.7. The fourth-order valence-corrected chi connectivity index (χ4v) is 3.76. The Morgan fingerprint density at radius 1 is 1.04 bits per heavy atom. The van der Waals surface area contributed by atoms with E-state index in [9.17, 15) is 4.39 Å². The van der Waals surface area contributed by atoms with Crippen LogP contribution in [-0.2, 0) is 6.54 Å². The number of nitrogens with zero attached hydrogens (tertiary/aromatic N) is 3. The lowest BCUT2D eigenvalue weighted by atomic mass is 10.0. The first kappa shape index (κ1) is 18.6. The summed E-state index contributed by atoms with van der Waals surface area (Å²) < 4.78 is 24.3. The topological polar surface area (TPSA) is 51.4 Å². The van der Waals surface area contributed by atoms with E-state index in [0.29, 0.717) is 24.4 Å². The smallest absolute Gasteiger partial charge is 0.247 e. The minimum Gasteiger partial charge on any atom is -0.497 e. The molecule has 1 saturated heterocycles. The van der Waals surface area contributed by atoms with Gasteiger partial charge < -0.3 is 9.15 Å². The molecule has 146 valence electrons. The molecule has 0 N–H and O–H groups in total. The summed E-state index contributed by atoms with van der Waals surface area (Å²) in [5.41, 5.74) is 2.00. The van der Waals surface area contributed by atoms with Gasteiger partial charge in [-0.15, -0.1) is 10.2 Å². The average molecular weight is 381 g/mol. The fraction of sp³-hybridized carbons (Fsp3) is 0.364. The van der Waals surface area contributed by atoms with Gasteiger partial charge in [0.2, 0.25) is 11.8 Å². The summed E-state index contributed by atoms with van der Waals surface area (Å²) in [7, 11) is 1.68. The highest BCUT2D eigenvalue weighted by atomic mass is 19.1. The van der Waals surface area contributed by atoms with Gasteiger partial charge in [-0.1, -0.05) is 25.0 Å². The molecule has 1 aromatic heterocycles. The second-order valence-corrected chi connectivity index (χ2v) is 7.12. The van der Waals surface area contributed by atoms with Crippen LogP contribution in [0.4, 0.5) is 4.39 Å². The van der Waals surface area contributed by atoms with E-state index in [1.54, 1.807) is 19.2 Å². The van der Waals surface area contributed by atoms with Gasteiger partial charge in [-0.3, -0.25) is 4.90 Å². The summed E-state index contributed by atoms with van der Waals surface area (Å²) in [6, 6.07) is 14.7. The maximum Gasteiger partial charge on any atom is 0.247 e. The van der Waals surface area contributed by atoms with E-state index < -0.39 is 0 Å². The number of likely N-dealkylation sites (tertiary alicyclic amines) is 1. The third kappa shape index (κ3) is 4.22. The highest BCUT2D eigenvalue weighted by molar-refractivity contribution is 5.51. The van der Waals surface area contributed by atoms with E-state index in [1.807, 2.05) is 12.1 Å². The Balaban J connectivity index is 1.53. The minimum absolute atomic E-state index is 0.282. The number of aromatic nitrogens is 2. The SMILES string of the molecule is COc1ccc(C2CCCCCN2Cc2nnc(-c3ccc(F)cc3)o2)cc1. The molecule has 1 atom stereocenters. The maximum absolute atomic E-state index is 13.1. The Morgan fingerprint density at radius 3 is 2.57 bits per heavy atom. The van der Waals surface area contributed by atoms with Crippen LogP contribution in [-0.4, -0.2) is 28.8 Å². The summed E-state index contributed by atoms with van der Waals surface area (Å²) in [6.45, 7) is 1.59. The Hall–Kier alpha value is -2.73. The zero-order valence-corrected chi connectivity index (χ0v) is 16.0. The van der Waals surface area contributed by atoms with E-state index in [-0.39, 0.29) is 5.82 Å². The van der Waals surface area contributed by atoms with Crippen LogP contribution in [0.5, 0.6) is 5.75 Å². The summed E-state index contributed by atoms with van der Waals surface area (Å²) in [4.78, 5) is 2.41. The highest BCUT2D eigenvalue weighted by Gasteiger charge is 2.24. The summed E-state index contributed by atoms with van der Waals surface area (Å²) in [5, 5.41) is 8.37. The molecule has 2 aromatic carbocycles. The molecule has 5 nitrogen and oxygen atoms in total. The molecular weight excluding hydrogens is 357 g/mol. The van der Waals surface area contributed by atoms with Gasteiger partial charge in [0.15, 0.2) is 0 Å². The van der Waals surface area contributed by atoms with Crippen molar-refractivity contribution in [3.63, 3.8) is 0 Å². The molecule has 3 aromatic rings. The zero-order valence-electron chi connectivity index (χ0n) is 16.0. The van der Waals surface area contributed by atoms with Gasteiger partial charge in [-0.05, 0) is 61.3 Å². The molecule has 1 aliphatic heterocycles. The molecule has 4 rings (SSSR count). The van der Waals surface area contributed by atoms with Gasteiger partial charge in [0.25, 0.3) is 0 Å². The van der Waals surface area contributed by atoms with Crippen molar-refractivity contribution in [3.8, 4) is 17.2 Å². The minimum atomic E-state index is -0.282. The standard InChI is InChI=1S/C22H24FN3O2/c1-27-19-12-8-16(9-13-19)20-5-3-2-4-14-26(20)15-21-24-25-22(28-21)17-6-10-18(23)11-7-17/h6-13,20H,2-5,14-15H2,1H3. The van der Waals surface area contributed by atoms with Crippen molar-refractivity contribution in [2.75, 3.05) is 13.7 Å². The lowest BCUT2D eigenvalue weighted by Crippen LogP contribution is -2.28. The van der Waals surface area contributed by atoms with Gasteiger partial charge in [0.1, 0.15) is 11.6 Å². The first-order valence-corrected chi connectivity index (χ1v) is 9.69. The molecule has 1 aliphatic rings. The number of hydrogen-bond donors (Lipinski definition) is 0. The van der Waals surface area contributed by atoms with Crippen molar-refractivity contribution >= 4 is 0 Å². The molecule has 2 heterocycles. The van der Waals surface area contributed by atoms with E-state index in [1.165, 1.54) is 30.5 Å². The van der Waals surface area contributed by atoms with E-state index in [2.05, 4.69) is 27.2 Å². The van der Waals surface area contributed by atoms with Crippen LogP contribution in [0.15, 0.2) is 52.9 Å². The monoisotopic (exact) mass is 381 g/mol. The predicted molar refractivity (Wildman–Crippen MR) is 104 cm³/mol. The number of ether oxygens (including phenoxy) is 1. The molecular formula is C22H24FN3O2. The largest absolute Gasteiger partial charge is 0.497 e. The molecule has 28 heavy (non-hydrogen) atoms. The Morgan fingerprint density at radius 2 is 1.82 bits per heavy atom. The summed E-state index contributed by atoms with van der Waals surface area (Å²) in [6.07, 6.45) is 4.70. The van der Waals surface area contributed by atoms with Crippen LogP contribution in [0.25, 0.3) is 11.5 Å². The molecule has 1 unspecified atom stereocenters. The summed E-state index contributed by atoms with van der Waals surface area (Å²) >= 11 is 0. The third-order valence-electron chi connectivity index (χ3n) is 5.26. The number of halogens is 1. The van der Waals surface area contributed by atoms with Crippen molar-refractivity contribution in [3.05, 3.63) is 65.8 Å². The molecule has 1 fully saturated rings. The van der Waals surface area contributed by atoms with Crippen LogP contribution in [0, 0.1) is 5.82 Å². The second-order valence-electron chi connectivity index (χ2n) is 7.12. The van der Waals surface area contributed by atoms with Gasteiger partial charge >= 0.3 is 0 Å². The van der Waals surface area contributed by atoms with E-state index in [4.69, 9.17) is 9.15 Å². The number of rotatable bonds is 5. The van der Waals surface area contributed by atoms with Crippen LogP contribution in [0.2, 0.25) is 0 Å². The van der Waals surface area contributed by atoms with Gasteiger partial charge in [0.05, 0.1) is 13.7 Å². The quantitative estimate of drug-likeness (QED) is 0.622. The maximum atomic E-state index is 13.1. The van der Waals surface area contributed by atoms with Crippen LogP contribution in [0.3, 0.4) is 0 Å². The van der Waals surface area contributed by atoms with Crippen molar-refractivity contribution in [2.45, 2.75) is 38.3 Å². The number of methoxy groups -OCH3 is 1. The Bertz CT molecular complexity index is 893. The molecule has 0 bridgehead atoms. The summed E-state index contributed by atoms with van der Waals surface area (Å²) in [5.74, 6) is 1.59. The average Bonchev–Trinajstić information content (AvgIpc) is 3.07. The second kappa shape index (κ2) is 8.52. The number of benzene rings is 2. The molecule has 6 heteroatoms. The van der Waals surface area contributed by atoms with Gasteiger partial charge in [0, 0.05) is 11.6 Å². The van der Waals surface area contributed by atoms with Crippen molar-refractivity contribution in [1.29, 1.82) is 0 Å². The lowest BCUT2D eigenvalue weighted by Gasteiger charge is -2.29. The zero-order chi connectivity index (χ0) is 19.3. The molecule has 0 aliphatic carbocycles. The molecule has 0 saturated carbocycles. The van der Waals surface area contributed by atoms with Crippen LogP contribution >= 0.6 is 0 Å². The lowest BCUT2D eigenvalue weighted by molar-refractivity contribution is 0.175. The molecule has 0 amide bonds. The van der Waals surface area contributed by atoms with Crippen molar-refractivity contribution in [1.82, 2.24) is 15.1 Å². The fourth-order valence-electron chi connectivity index (χ4n) is 3.76. The van der Waals surface area contributed by atoms with Gasteiger partial charge in [-0.2, -0.15) is 0 Å². The Kier molecular flexibility index (Phi) is 5.67. The van der Waals surface area contributed by atoms with Crippen molar-refractivity contribution < 1.29 is 13.5 Å². The highest BCUT2D eigenvalue weighted by Crippen LogP contribution is 2.32. The van der Waals surface area contributed by atoms with Gasteiger partial charge in [-0.25, -0.2) is 4.39 Å². The van der Waals surface area contributed by atoms with E-state index >= 15 is 0 Å². The van der Waals surface area contributed by atoms with Crippen LogP contribution < -0.4 is 4.74 Å². The van der Waals surface area contributed by atoms with Crippen LogP contribution in [0.1, 0.15) is 43.2 Å². The Labute approximate surface area is 164 Å². The first-order valence-electron chi connectivity index (χ1n) is 9.69. The third-order valence-corrected chi connectivity index (χ3v) is 5.26. The van der Waals surface area contributed by atoms with E-state index in [0.717, 1.165) is 30.7 Å². The molecule has 0 radical (unpaired) electrons. The molecule has 0 spiro atoms. The normalized spacial score (nSPS) is 18.0. The predicted octanol–water partition coefficient (Wildman–Crippen LogP) is 5.00. The van der Waals surface area contributed by atoms with Crippen molar-refractivity contribution in [2.24, 2.45) is 0 Å². The number of hydrogen-bond acceptors (Lipinski definition) is 5.